The van der Waals surface area contributed by atoms with Crippen LogP contribution in [0.25, 0.3) is 0 Å². The van der Waals surface area contributed by atoms with Crippen molar-refractivity contribution in [1.82, 2.24) is 9.80 Å². The van der Waals surface area contributed by atoms with Gasteiger partial charge in [0.05, 0.1) is 24.8 Å². The van der Waals surface area contributed by atoms with Crippen LogP contribution < -0.4 is 29.6 Å². The molecule has 3 heterocycles. The van der Waals surface area contributed by atoms with Crippen LogP contribution in [0.1, 0.15) is 11.7 Å². The molecule has 2 aromatic rings. The molecule has 5 rings (SSSR count). The van der Waals surface area contributed by atoms with Gasteiger partial charge < -0.3 is 34.5 Å². The molecule has 0 aliphatic carbocycles. The first-order chi connectivity index (χ1) is 15.6. The minimum atomic E-state index is -0.452. The summed E-state index contributed by atoms with van der Waals surface area (Å²) < 4.78 is 22.8. The first-order valence-corrected chi connectivity index (χ1v) is 10.9. The fourth-order valence-electron chi connectivity index (χ4n) is 4.22. The molecule has 0 bridgehead atoms. The minimum Gasteiger partial charge on any atom is -0.493 e. The molecule has 9 heteroatoms. The molecule has 0 spiro atoms. The average Bonchev–Trinajstić information content (AvgIpc) is 3.30. The molecule has 2 N–H and O–H groups in total. The van der Waals surface area contributed by atoms with E-state index in [2.05, 4.69) is 21.8 Å². The maximum absolute atomic E-state index is 6.63. The van der Waals surface area contributed by atoms with E-state index < -0.39 is 6.17 Å². The highest BCUT2D eigenvalue weighted by Crippen LogP contribution is 2.46. The van der Waals surface area contributed by atoms with E-state index in [0.717, 1.165) is 49.7 Å². The Bertz CT molecular complexity index is 1010. The fraction of sp³-hybridized carbons (Fsp3) is 0.435. The summed E-state index contributed by atoms with van der Waals surface area (Å²) in [6.45, 7) is 5.98. The number of fused-ring (bicyclic) bond motifs is 2. The highest BCUT2D eigenvalue weighted by Gasteiger charge is 2.29. The van der Waals surface area contributed by atoms with Crippen LogP contribution in [-0.2, 0) is 0 Å². The van der Waals surface area contributed by atoms with Gasteiger partial charge in [0, 0.05) is 44.4 Å². The Morgan fingerprint density at radius 3 is 2.78 bits per heavy atom. The number of rotatable bonds is 6. The zero-order valence-corrected chi connectivity index (χ0v) is 18.5. The monoisotopic (exact) mass is 439 g/mol. The van der Waals surface area contributed by atoms with Gasteiger partial charge in [-0.25, -0.2) is 4.99 Å². The maximum atomic E-state index is 6.63. The van der Waals surface area contributed by atoms with Crippen molar-refractivity contribution in [2.45, 2.75) is 6.17 Å². The summed E-state index contributed by atoms with van der Waals surface area (Å²) >= 11 is 0. The van der Waals surface area contributed by atoms with Gasteiger partial charge >= 0.3 is 0 Å². The van der Waals surface area contributed by atoms with Crippen LogP contribution >= 0.6 is 0 Å². The predicted octanol–water partition coefficient (Wildman–Crippen LogP) is 2.19. The summed E-state index contributed by atoms with van der Waals surface area (Å²) in [5.41, 5.74) is 9.07. The molecular weight excluding hydrogens is 410 g/mol. The summed E-state index contributed by atoms with van der Waals surface area (Å²) in [5, 5.41) is 0. The number of ether oxygens (including phenoxy) is 4. The third kappa shape index (κ3) is 3.94. The van der Waals surface area contributed by atoms with Crippen molar-refractivity contribution < 1.29 is 18.9 Å². The Labute approximate surface area is 187 Å². The molecule has 1 saturated heterocycles. The predicted molar refractivity (Wildman–Crippen MR) is 123 cm³/mol. The second-order valence-corrected chi connectivity index (χ2v) is 8.16. The first-order valence-electron chi connectivity index (χ1n) is 10.9. The number of aliphatic imine (C=N–C) groups is 1. The van der Waals surface area contributed by atoms with Crippen LogP contribution in [0.2, 0.25) is 0 Å². The summed E-state index contributed by atoms with van der Waals surface area (Å²) in [5.74, 6) is 2.70. The number of hydrogen-bond acceptors (Lipinski definition) is 9. The van der Waals surface area contributed by atoms with E-state index >= 15 is 0 Å². The van der Waals surface area contributed by atoms with Crippen molar-refractivity contribution in [2.75, 3.05) is 65.2 Å². The van der Waals surface area contributed by atoms with Crippen molar-refractivity contribution in [3.63, 3.8) is 0 Å². The Kier molecular flexibility index (Phi) is 5.77. The lowest BCUT2D eigenvalue weighted by molar-refractivity contribution is 0.133. The number of nitrogens with zero attached hydrogens (tertiary/aromatic N) is 4. The lowest BCUT2D eigenvalue weighted by atomic mass is 10.1. The van der Waals surface area contributed by atoms with Crippen LogP contribution in [-0.4, -0.2) is 76.4 Å². The minimum absolute atomic E-state index is 0.200. The molecule has 32 heavy (non-hydrogen) atoms. The largest absolute Gasteiger partial charge is 0.493 e. The van der Waals surface area contributed by atoms with Crippen LogP contribution in [0, 0.1) is 0 Å². The lowest BCUT2D eigenvalue weighted by Gasteiger charge is -2.33. The molecular formula is C23H29N5O4. The quantitative estimate of drug-likeness (QED) is 0.733. The lowest BCUT2D eigenvalue weighted by Crippen LogP contribution is -2.45. The van der Waals surface area contributed by atoms with E-state index in [1.165, 1.54) is 0 Å². The van der Waals surface area contributed by atoms with Crippen molar-refractivity contribution in [2.24, 2.45) is 10.7 Å². The zero-order chi connectivity index (χ0) is 22.1. The number of methoxy groups -OCH3 is 1. The van der Waals surface area contributed by atoms with Gasteiger partial charge in [0.25, 0.3) is 0 Å². The third-order valence-electron chi connectivity index (χ3n) is 6.17. The van der Waals surface area contributed by atoms with E-state index in [0.29, 0.717) is 29.6 Å². The highest BCUT2D eigenvalue weighted by molar-refractivity contribution is 5.89. The molecule has 9 nitrogen and oxygen atoms in total. The molecule has 170 valence electrons. The zero-order valence-electron chi connectivity index (χ0n) is 18.5. The van der Waals surface area contributed by atoms with Gasteiger partial charge in [0.15, 0.2) is 23.0 Å². The second kappa shape index (κ2) is 8.85. The van der Waals surface area contributed by atoms with Crippen molar-refractivity contribution >= 4 is 17.7 Å². The first kappa shape index (κ1) is 20.9. The van der Waals surface area contributed by atoms with Crippen LogP contribution in [0.15, 0.2) is 35.3 Å². The van der Waals surface area contributed by atoms with Gasteiger partial charge in [-0.3, -0.25) is 4.90 Å². The average molecular weight is 440 g/mol. The number of hydrogen-bond donors (Lipinski definition) is 1. The third-order valence-corrected chi connectivity index (χ3v) is 6.17. The standard InChI is InChI=1S/C23H29N5O4/c1-26-6-8-27(9-7-26)10-11-30-21-13-17-16(12-20(21)29-2)23(24)28(14-25-17)18-4-3-5-19-22(18)32-15-31-19/h3-5,12-14,23H,6-11,15,24H2,1-2H3. The molecule has 1 atom stereocenters. The normalized spacial score (nSPS) is 20.3. The van der Waals surface area contributed by atoms with Gasteiger partial charge in [-0.1, -0.05) is 6.07 Å². The summed E-state index contributed by atoms with van der Waals surface area (Å²) in [6.07, 6.45) is 1.27. The van der Waals surface area contributed by atoms with E-state index in [1.54, 1.807) is 13.4 Å². The Hall–Kier alpha value is -3.01. The topological polar surface area (TPSA) is 85.0 Å². The molecule has 3 aliphatic rings. The molecule has 3 aliphatic heterocycles. The van der Waals surface area contributed by atoms with Gasteiger partial charge in [0.1, 0.15) is 12.8 Å². The van der Waals surface area contributed by atoms with Gasteiger partial charge in [-0.15, -0.1) is 0 Å². The number of nitrogens with two attached hydrogens (primary N) is 1. The number of anilines is 1. The van der Waals surface area contributed by atoms with Crippen LogP contribution in [0.3, 0.4) is 0 Å². The molecule has 0 aromatic heterocycles. The number of piperazine rings is 1. The SMILES string of the molecule is COc1cc2c(cc1OCCN1CCN(C)CC1)N=CN(c1cccc3c1OCO3)C2N. The van der Waals surface area contributed by atoms with Crippen molar-refractivity contribution in [3.05, 3.63) is 35.9 Å². The number of likely N-dealkylation sites (N-methyl/N-ethyl adjacent to an activating group) is 1. The van der Waals surface area contributed by atoms with E-state index in [9.17, 15) is 0 Å². The molecule has 0 radical (unpaired) electrons. The van der Waals surface area contributed by atoms with Crippen LogP contribution in [0.4, 0.5) is 11.4 Å². The molecule has 1 unspecified atom stereocenters. The highest BCUT2D eigenvalue weighted by atomic mass is 16.7. The van der Waals surface area contributed by atoms with Crippen LogP contribution in [0.5, 0.6) is 23.0 Å². The number of para-hydroxylation sites is 1. The number of benzene rings is 2. The summed E-state index contributed by atoms with van der Waals surface area (Å²) in [6, 6.07) is 9.55. The Morgan fingerprint density at radius 2 is 1.97 bits per heavy atom. The molecule has 1 fully saturated rings. The van der Waals surface area contributed by atoms with Gasteiger partial charge in [0.2, 0.25) is 6.79 Å². The Balaban J connectivity index is 1.33. The molecule has 0 amide bonds. The Morgan fingerprint density at radius 1 is 1.12 bits per heavy atom. The van der Waals surface area contributed by atoms with Gasteiger partial charge in [-0.05, 0) is 25.2 Å². The van der Waals surface area contributed by atoms with Crippen molar-refractivity contribution in [1.29, 1.82) is 0 Å². The summed E-state index contributed by atoms with van der Waals surface area (Å²) in [7, 11) is 3.80. The second-order valence-electron chi connectivity index (χ2n) is 8.16. The molecule has 2 aromatic carbocycles. The van der Waals surface area contributed by atoms with Crippen molar-refractivity contribution in [3.8, 4) is 23.0 Å². The smallest absolute Gasteiger partial charge is 0.231 e. The summed E-state index contributed by atoms with van der Waals surface area (Å²) in [4.78, 5) is 11.3. The van der Waals surface area contributed by atoms with Gasteiger partial charge in [-0.2, -0.15) is 0 Å². The van der Waals surface area contributed by atoms with E-state index in [4.69, 9.17) is 24.7 Å². The maximum Gasteiger partial charge on any atom is 0.231 e. The fourth-order valence-corrected chi connectivity index (χ4v) is 4.22. The van der Waals surface area contributed by atoms with E-state index in [-0.39, 0.29) is 6.79 Å². The van der Waals surface area contributed by atoms with E-state index in [1.807, 2.05) is 35.2 Å². The molecule has 0 saturated carbocycles.